The second-order valence-corrected chi connectivity index (χ2v) is 7.89. The highest BCUT2D eigenvalue weighted by Crippen LogP contribution is 2.33. The van der Waals surface area contributed by atoms with E-state index in [4.69, 9.17) is 37.8 Å². The lowest BCUT2D eigenvalue weighted by Crippen LogP contribution is -2.17. The summed E-state index contributed by atoms with van der Waals surface area (Å²) in [6.45, 7) is 4.23. The molecule has 2 aliphatic rings. The largest absolute Gasteiger partial charge is 0.493 e. The molecule has 12 heteroatoms. The van der Waals surface area contributed by atoms with E-state index in [1.165, 1.54) is 0 Å². The van der Waals surface area contributed by atoms with Crippen LogP contribution in [0.25, 0.3) is 0 Å². The highest BCUT2D eigenvalue weighted by molar-refractivity contribution is 6.32. The Labute approximate surface area is 193 Å². The zero-order chi connectivity index (χ0) is 23.4. The van der Waals surface area contributed by atoms with Crippen molar-refractivity contribution in [2.45, 2.75) is 39.5 Å². The van der Waals surface area contributed by atoms with Gasteiger partial charge in [0.25, 0.3) is 0 Å². The van der Waals surface area contributed by atoms with E-state index in [2.05, 4.69) is 19.9 Å². The van der Waals surface area contributed by atoms with Gasteiger partial charge in [0.15, 0.2) is 0 Å². The van der Waals surface area contributed by atoms with Crippen LogP contribution in [0.1, 0.15) is 36.4 Å². The van der Waals surface area contributed by atoms with Crippen molar-refractivity contribution in [1.29, 1.82) is 0 Å². The van der Waals surface area contributed by atoms with Gasteiger partial charge in [0.1, 0.15) is 5.15 Å². The van der Waals surface area contributed by atoms with E-state index in [1.807, 2.05) is 0 Å². The summed E-state index contributed by atoms with van der Waals surface area (Å²) in [4.78, 5) is 38.2. The maximum absolute atomic E-state index is 11.6. The zero-order valence-corrected chi connectivity index (χ0v) is 19.0. The lowest BCUT2D eigenvalue weighted by Gasteiger charge is -2.06. The van der Waals surface area contributed by atoms with Gasteiger partial charge in [-0.15, -0.1) is 0 Å². The smallest absolute Gasteiger partial charge is 0.317 e. The normalized spacial score (nSPS) is 18.2. The minimum absolute atomic E-state index is 0.119. The number of aromatic hydroxyl groups is 2. The first kappa shape index (κ1) is 23.9. The number of hydrogen-bond acceptors (Lipinski definition) is 10. The third kappa shape index (κ3) is 5.36. The van der Waals surface area contributed by atoms with Crippen molar-refractivity contribution < 1.29 is 29.3 Å². The van der Waals surface area contributed by atoms with Crippen LogP contribution in [0.15, 0.2) is 0 Å². The summed E-state index contributed by atoms with van der Waals surface area (Å²) in [5, 5.41) is 19.0. The monoisotopic (exact) mass is 484 g/mol. The van der Waals surface area contributed by atoms with Gasteiger partial charge in [0.2, 0.25) is 11.2 Å². The standard InChI is InChI=1S/C10H10Cl2N2O2.C10H12N2O4/c1-2-16-9(15)5-3-6-7(4-5)13-10(12)14-8(6)11;1-2-16-9(14)5-3-6-7(4-5)11-10(15)12-8(6)13/h5H,2-4H2,1H3;5H,2-4H2,1H3,(H2,11,12,13,15). The molecule has 2 N–H and O–H groups in total. The molecule has 2 atom stereocenters. The van der Waals surface area contributed by atoms with Crippen LogP contribution in [0.5, 0.6) is 11.9 Å². The van der Waals surface area contributed by atoms with E-state index < -0.39 is 6.01 Å². The molecule has 0 bridgehead atoms. The quantitative estimate of drug-likeness (QED) is 0.376. The van der Waals surface area contributed by atoms with E-state index >= 15 is 0 Å². The SMILES string of the molecule is CCOC(=O)C1Cc2nc(Cl)nc(Cl)c2C1.CCOC(=O)C1Cc2nc(O)nc(O)c2C1. The van der Waals surface area contributed by atoms with Gasteiger partial charge in [-0.2, -0.15) is 9.97 Å². The van der Waals surface area contributed by atoms with Gasteiger partial charge in [-0.3, -0.25) is 9.59 Å². The molecular formula is C20H22Cl2N4O6. The second kappa shape index (κ2) is 10.3. The minimum Gasteiger partial charge on any atom is -0.493 e. The van der Waals surface area contributed by atoms with Crippen molar-refractivity contribution in [3.05, 3.63) is 33.0 Å². The van der Waals surface area contributed by atoms with E-state index in [0.717, 1.165) is 11.3 Å². The van der Waals surface area contributed by atoms with Crippen molar-refractivity contribution in [3.8, 4) is 11.9 Å². The molecule has 32 heavy (non-hydrogen) atoms. The number of ether oxygens (including phenoxy) is 2. The van der Waals surface area contributed by atoms with Crippen LogP contribution in [0.2, 0.25) is 10.4 Å². The fourth-order valence-electron chi connectivity index (χ4n) is 3.68. The number of aromatic nitrogens is 4. The van der Waals surface area contributed by atoms with Crippen molar-refractivity contribution in [2.24, 2.45) is 11.8 Å². The molecule has 0 saturated heterocycles. The zero-order valence-electron chi connectivity index (χ0n) is 17.5. The van der Waals surface area contributed by atoms with E-state index in [0.29, 0.717) is 55.3 Å². The number of fused-ring (bicyclic) bond motifs is 2. The van der Waals surface area contributed by atoms with Crippen molar-refractivity contribution >= 4 is 35.1 Å². The van der Waals surface area contributed by atoms with Crippen LogP contribution in [-0.4, -0.2) is 55.3 Å². The number of carbonyl (C=O) groups excluding carboxylic acids is 2. The summed E-state index contributed by atoms with van der Waals surface area (Å²) in [6, 6.07) is -0.472. The first-order chi connectivity index (χ1) is 15.2. The molecule has 0 amide bonds. The Balaban J connectivity index is 0.000000181. The second-order valence-electron chi connectivity index (χ2n) is 7.20. The number of hydrogen-bond donors (Lipinski definition) is 2. The maximum Gasteiger partial charge on any atom is 0.317 e. The number of nitrogens with zero attached hydrogens (tertiary/aromatic N) is 4. The Bertz CT molecular complexity index is 954. The van der Waals surface area contributed by atoms with Crippen LogP contribution in [-0.2, 0) is 44.7 Å². The van der Waals surface area contributed by atoms with E-state index in [-0.39, 0.29) is 34.9 Å². The summed E-state index contributed by atoms with van der Waals surface area (Å²) in [5.41, 5.74) is 2.60. The average Bonchev–Trinajstić information content (AvgIpc) is 3.33. The van der Waals surface area contributed by atoms with Crippen LogP contribution in [0.4, 0.5) is 0 Å². The fraction of sp³-hybridized carbons (Fsp3) is 0.500. The molecule has 0 fully saturated rings. The Kier molecular flexibility index (Phi) is 7.68. The molecule has 0 aromatic carbocycles. The van der Waals surface area contributed by atoms with Gasteiger partial charge in [0.05, 0.1) is 36.4 Å². The van der Waals surface area contributed by atoms with Gasteiger partial charge < -0.3 is 19.7 Å². The van der Waals surface area contributed by atoms with Crippen LogP contribution < -0.4 is 0 Å². The number of esters is 2. The predicted octanol–water partition coefficient (Wildman–Crippen LogP) is 2.23. The van der Waals surface area contributed by atoms with Gasteiger partial charge in [-0.25, -0.2) is 9.97 Å². The number of rotatable bonds is 4. The van der Waals surface area contributed by atoms with Crippen molar-refractivity contribution in [1.82, 2.24) is 19.9 Å². The van der Waals surface area contributed by atoms with Gasteiger partial charge in [-0.05, 0) is 38.3 Å². The van der Waals surface area contributed by atoms with Gasteiger partial charge in [0, 0.05) is 24.0 Å². The number of halogens is 2. The summed E-state index contributed by atoms with van der Waals surface area (Å²) in [6.07, 6.45) is 1.79. The molecule has 10 nitrogen and oxygen atoms in total. The molecule has 0 radical (unpaired) electrons. The molecule has 0 spiro atoms. The number of carbonyl (C=O) groups is 2. The van der Waals surface area contributed by atoms with Crippen molar-refractivity contribution in [2.75, 3.05) is 13.2 Å². The first-order valence-corrected chi connectivity index (χ1v) is 10.8. The molecule has 4 rings (SSSR count). The Hall–Kier alpha value is -2.72. The Morgan fingerprint density at radius 3 is 1.94 bits per heavy atom. The van der Waals surface area contributed by atoms with Crippen LogP contribution in [0.3, 0.4) is 0 Å². The summed E-state index contributed by atoms with van der Waals surface area (Å²) in [5.74, 6) is -1.32. The molecular weight excluding hydrogens is 463 g/mol. The average molecular weight is 485 g/mol. The van der Waals surface area contributed by atoms with E-state index in [9.17, 15) is 14.7 Å². The molecule has 2 unspecified atom stereocenters. The Morgan fingerprint density at radius 1 is 0.844 bits per heavy atom. The lowest BCUT2D eigenvalue weighted by atomic mass is 10.1. The topological polar surface area (TPSA) is 145 Å². The van der Waals surface area contributed by atoms with Gasteiger partial charge >= 0.3 is 17.9 Å². The molecule has 2 aliphatic carbocycles. The molecule has 172 valence electrons. The summed E-state index contributed by atoms with van der Waals surface area (Å²) >= 11 is 11.6. The summed E-state index contributed by atoms with van der Waals surface area (Å²) in [7, 11) is 0. The molecule has 2 aromatic heterocycles. The minimum atomic E-state index is -0.472. The van der Waals surface area contributed by atoms with Crippen LogP contribution >= 0.6 is 23.2 Å². The Morgan fingerprint density at radius 2 is 1.38 bits per heavy atom. The molecule has 0 saturated carbocycles. The first-order valence-electron chi connectivity index (χ1n) is 10.0. The molecule has 0 aliphatic heterocycles. The maximum atomic E-state index is 11.6. The van der Waals surface area contributed by atoms with Crippen molar-refractivity contribution in [3.63, 3.8) is 0 Å². The van der Waals surface area contributed by atoms with Gasteiger partial charge in [-0.1, -0.05) is 11.6 Å². The fourth-order valence-corrected chi connectivity index (χ4v) is 4.18. The third-order valence-corrected chi connectivity index (χ3v) is 5.58. The summed E-state index contributed by atoms with van der Waals surface area (Å²) < 4.78 is 9.86. The third-order valence-electron chi connectivity index (χ3n) is 5.09. The lowest BCUT2D eigenvalue weighted by molar-refractivity contribution is -0.148. The highest BCUT2D eigenvalue weighted by atomic mass is 35.5. The molecule has 2 heterocycles. The van der Waals surface area contributed by atoms with Crippen LogP contribution in [0, 0.1) is 11.8 Å². The van der Waals surface area contributed by atoms with E-state index in [1.54, 1.807) is 13.8 Å². The highest BCUT2D eigenvalue weighted by Gasteiger charge is 2.33. The predicted molar refractivity (Wildman–Crippen MR) is 112 cm³/mol. The molecule has 2 aromatic rings.